The van der Waals surface area contributed by atoms with E-state index in [4.69, 9.17) is 14.4 Å². The Morgan fingerprint density at radius 1 is 0.667 bits per heavy atom. The zero-order chi connectivity index (χ0) is 10.2. The monoisotopic (exact) mass is 180 g/mol. The van der Waals surface area contributed by atoms with E-state index in [1.54, 1.807) is 0 Å². The van der Waals surface area contributed by atoms with Crippen LogP contribution in [0.15, 0.2) is 0 Å². The van der Waals surface area contributed by atoms with E-state index in [1.165, 1.54) is 21.3 Å². The van der Waals surface area contributed by atoms with Crippen molar-refractivity contribution >= 4 is 19.4 Å². The molecule has 0 aliphatic carbocycles. The van der Waals surface area contributed by atoms with Gasteiger partial charge in [-0.1, -0.05) is 0 Å². The van der Waals surface area contributed by atoms with Gasteiger partial charge in [0.15, 0.2) is 0 Å². The second kappa shape index (κ2) is 34.2. The smallest absolute Gasteiger partial charge is 0.292 e. The van der Waals surface area contributed by atoms with Crippen LogP contribution in [0.4, 0.5) is 0 Å². The topological polar surface area (TPSA) is 78.9 Å². The molecule has 0 aliphatic heterocycles. The van der Waals surface area contributed by atoms with Crippen molar-refractivity contribution in [3.63, 3.8) is 0 Å². The summed E-state index contributed by atoms with van der Waals surface area (Å²) in [5.41, 5.74) is 0. The minimum absolute atomic E-state index is 0.375. The average Bonchev–Trinajstić information content (AvgIpc) is 2.18. The molecule has 0 aromatic heterocycles. The van der Waals surface area contributed by atoms with Gasteiger partial charge in [-0.05, 0) is 0 Å². The summed E-state index contributed by atoms with van der Waals surface area (Å²) in [5.74, 6) is 0. The quantitative estimate of drug-likeness (QED) is 0.425. The van der Waals surface area contributed by atoms with E-state index < -0.39 is 0 Å². The molecule has 0 radical (unpaired) electrons. The molecule has 0 aromatic carbocycles. The molecule has 0 N–H and O–H groups in total. The van der Waals surface area contributed by atoms with E-state index in [0.29, 0.717) is 19.4 Å². The van der Waals surface area contributed by atoms with Gasteiger partial charge in [0.05, 0.1) is 21.3 Å². The summed E-state index contributed by atoms with van der Waals surface area (Å²) in [7, 11) is 3.94. The number of hydrogen-bond acceptors (Lipinski definition) is 6. The van der Waals surface area contributed by atoms with Crippen LogP contribution in [0.1, 0.15) is 0 Å². The van der Waals surface area contributed by atoms with Gasteiger partial charge in [-0.15, -0.1) is 0 Å². The van der Waals surface area contributed by atoms with Crippen molar-refractivity contribution in [1.82, 2.24) is 0 Å². The highest BCUT2D eigenvalue weighted by Crippen LogP contribution is 1.36. The highest BCUT2D eigenvalue weighted by molar-refractivity contribution is 5.36. The number of carbonyl (C=O) groups is 3. The van der Waals surface area contributed by atoms with Crippen LogP contribution < -0.4 is 0 Å². The molecule has 0 amide bonds. The summed E-state index contributed by atoms with van der Waals surface area (Å²) in [5, 5.41) is 0. The molecule has 0 rings (SSSR count). The fourth-order valence-corrected chi connectivity index (χ4v) is 0. The van der Waals surface area contributed by atoms with E-state index in [0.717, 1.165) is 0 Å². The van der Waals surface area contributed by atoms with Gasteiger partial charge in [0.2, 0.25) is 0 Å². The van der Waals surface area contributed by atoms with Gasteiger partial charge >= 0.3 is 0 Å². The molecule has 0 saturated carbocycles. The fourth-order valence-electron chi connectivity index (χ4n) is 0. The van der Waals surface area contributed by atoms with E-state index in [1.807, 2.05) is 0 Å². The van der Waals surface area contributed by atoms with Crippen molar-refractivity contribution in [2.45, 2.75) is 0 Å². The standard InChI is InChI=1S/3C2H4O2/c3*1-4-2-3/h3*2H,1H3. The Morgan fingerprint density at radius 3 is 0.750 bits per heavy atom. The summed E-state index contributed by atoms with van der Waals surface area (Å²) in [6.45, 7) is 1.12. The highest BCUT2D eigenvalue weighted by Gasteiger charge is 1.45. The lowest BCUT2D eigenvalue weighted by Crippen LogP contribution is -1.68. The number of hydrogen-bond donors (Lipinski definition) is 0. The summed E-state index contributed by atoms with van der Waals surface area (Å²) in [4.78, 5) is 26.9. The first-order valence-corrected chi connectivity index (χ1v) is 2.64. The van der Waals surface area contributed by atoms with Crippen LogP contribution in [0.3, 0.4) is 0 Å². The Labute approximate surface area is 70.4 Å². The van der Waals surface area contributed by atoms with Crippen molar-refractivity contribution in [2.24, 2.45) is 0 Å². The van der Waals surface area contributed by atoms with Gasteiger partial charge in [-0.2, -0.15) is 0 Å². The van der Waals surface area contributed by atoms with Crippen LogP contribution in [0.2, 0.25) is 0 Å². The zero-order valence-electron chi connectivity index (χ0n) is 7.18. The third-order valence-corrected chi connectivity index (χ3v) is 0.289. The molecule has 0 bridgehead atoms. The zero-order valence-corrected chi connectivity index (χ0v) is 7.18. The first-order valence-electron chi connectivity index (χ1n) is 2.64. The second-order valence-electron chi connectivity index (χ2n) is 0.996. The lowest BCUT2D eigenvalue weighted by Gasteiger charge is -1.67. The molecule has 0 unspecified atom stereocenters. The Hall–Kier alpha value is -1.59. The third kappa shape index (κ3) is 232. The van der Waals surface area contributed by atoms with Gasteiger partial charge < -0.3 is 14.2 Å². The third-order valence-electron chi connectivity index (χ3n) is 0.289. The highest BCUT2D eigenvalue weighted by atomic mass is 16.5. The molecule has 0 atom stereocenters. The predicted octanol–water partition coefficient (Wildman–Crippen LogP) is -0.632. The molecule has 72 valence electrons. The Morgan fingerprint density at radius 2 is 0.750 bits per heavy atom. The Kier molecular flexibility index (Phi) is 47.9. The molecule has 0 saturated heterocycles. The minimum Gasteiger partial charge on any atom is -0.471 e. The number of carbonyl (C=O) groups excluding carboxylic acids is 3. The van der Waals surface area contributed by atoms with Crippen LogP contribution in [-0.4, -0.2) is 40.7 Å². The summed E-state index contributed by atoms with van der Waals surface area (Å²) in [6.07, 6.45) is 0. The van der Waals surface area contributed by atoms with Crippen LogP contribution in [-0.2, 0) is 28.6 Å². The maximum absolute atomic E-state index is 8.95. The van der Waals surface area contributed by atoms with Crippen molar-refractivity contribution in [3.05, 3.63) is 0 Å². The van der Waals surface area contributed by atoms with Crippen molar-refractivity contribution in [2.75, 3.05) is 21.3 Å². The Bertz CT molecular complexity index is 73.0. The lowest BCUT2D eigenvalue weighted by atomic mass is 11.5. The van der Waals surface area contributed by atoms with Gasteiger partial charge in [-0.3, -0.25) is 14.4 Å². The molecule has 6 nitrogen and oxygen atoms in total. The molecule has 0 aliphatic rings. The first-order chi connectivity index (χ1) is 5.74. The van der Waals surface area contributed by atoms with Crippen LogP contribution in [0.25, 0.3) is 0 Å². The molecular formula is C6H12O6. The molecule has 6 heteroatoms. The van der Waals surface area contributed by atoms with Crippen molar-refractivity contribution in [1.29, 1.82) is 0 Å². The van der Waals surface area contributed by atoms with Gasteiger partial charge in [0, 0.05) is 0 Å². The molecule has 0 fully saturated rings. The average molecular weight is 180 g/mol. The molecule has 0 aromatic rings. The lowest BCUT2D eigenvalue weighted by molar-refractivity contribution is -0.126. The van der Waals surface area contributed by atoms with Gasteiger partial charge in [0.25, 0.3) is 19.4 Å². The van der Waals surface area contributed by atoms with E-state index in [-0.39, 0.29) is 0 Å². The number of ether oxygens (including phenoxy) is 3. The van der Waals surface area contributed by atoms with Crippen LogP contribution in [0.5, 0.6) is 0 Å². The molecule has 12 heavy (non-hydrogen) atoms. The number of methoxy groups -OCH3 is 3. The maximum Gasteiger partial charge on any atom is 0.292 e. The minimum atomic E-state index is 0.375. The van der Waals surface area contributed by atoms with Gasteiger partial charge in [0.1, 0.15) is 0 Å². The van der Waals surface area contributed by atoms with E-state index in [9.17, 15) is 0 Å². The SMILES string of the molecule is COC=O.COC=O.COC=O. The molecular weight excluding hydrogens is 168 g/mol. The summed E-state index contributed by atoms with van der Waals surface area (Å²) >= 11 is 0. The van der Waals surface area contributed by atoms with Crippen LogP contribution in [0, 0.1) is 0 Å². The Balaban J connectivity index is -0.000000101. The summed E-state index contributed by atoms with van der Waals surface area (Å²) < 4.78 is 11.6. The predicted molar refractivity (Wildman–Crippen MR) is 39.2 cm³/mol. The number of rotatable bonds is 3. The van der Waals surface area contributed by atoms with Crippen molar-refractivity contribution < 1.29 is 28.6 Å². The first kappa shape index (κ1) is 16.8. The summed E-state index contributed by atoms with van der Waals surface area (Å²) in [6, 6.07) is 0. The van der Waals surface area contributed by atoms with Gasteiger partial charge in [-0.25, -0.2) is 0 Å². The maximum atomic E-state index is 8.95. The van der Waals surface area contributed by atoms with Crippen LogP contribution >= 0.6 is 0 Å². The normalized spacial score (nSPS) is 5.25. The molecule has 0 heterocycles. The van der Waals surface area contributed by atoms with E-state index in [2.05, 4.69) is 14.2 Å². The van der Waals surface area contributed by atoms with Crippen molar-refractivity contribution in [3.8, 4) is 0 Å². The second-order valence-corrected chi connectivity index (χ2v) is 0.996. The largest absolute Gasteiger partial charge is 0.471 e. The fraction of sp³-hybridized carbons (Fsp3) is 0.500. The van der Waals surface area contributed by atoms with E-state index >= 15 is 0 Å². The molecule has 0 spiro atoms.